The molecule has 202 valence electrons. The summed E-state index contributed by atoms with van der Waals surface area (Å²) < 4.78 is 70.7. The number of alkyl halides is 4. The van der Waals surface area contributed by atoms with Crippen LogP contribution in [0.2, 0.25) is 5.02 Å². The van der Waals surface area contributed by atoms with Crippen LogP contribution in [0.15, 0.2) is 48.9 Å². The van der Waals surface area contributed by atoms with Crippen molar-refractivity contribution in [2.45, 2.75) is 18.4 Å². The number of nitrogens with two attached hydrogens (primary N) is 1. The zero-order valence-electron chi connectivity index (χ0n) is 19.6. The van der Waals surface area contributed by atoms with E-state index in [9.17, 15) is 31.5 Å². The lowest BCUT2D eigenvalue weighted by Gasteiger charge is -2.17. The summed E-state index contributed by atoms with van der Waals surface area (Å²) in [4.78, 5) is 34.0. The quantitative estimate of drug-likeness (QED) is 0.364. The van der Waals surface area contributed by atoms with E-state index in [2.05, 4.69) is 20.4 Å². The van der Waals surface area contributed by atoms with E-state index in [1.54, 1.807) is 0 Å². The maximum atomic E-state index is 14.8. The molecular weight excluding hydrogens is 549 g/mol. The molecule has 4 aromatic rings. The lowest BCUT2D eigenvalue weighted by molar-refractivity contribution is -0.136. The summed E-state index contributed by atoms with van der Waals surface area (Å²) in [7, 11) is 0. The van der Waals surface area contributed by atoms with Crippen LogP contribution in [0.5, 0.6) is 0 Å². The van der Waals surface area contributed by atoms with Crippen LogP contribution in [0, 0.1) is 5.82 Å². The predicted octanol–water partition coefficient (Wildman–Crippen LogP) is 3.78. The number of anilines is 1. The summed E-state index contributed by atoms with van der Waals surface area (Å²) >= 11 is 6.20. The Morgan fingerprint density at radius 2 is 1.90 bits per heavy atom. The van der Waals surface area contributed by atoms with Crippen molar-refractivity contribution in [3.63, 3.8) is 0 Å². The molecule has 39 heavy (non-hydrogen) atoms. The summed E-state index contributed by atoms with van der Waals surface area (Å²) in [5, 5.41) is 6.27. The number of nitrogens with zero attached hydrogens (tertiary/aromatic N) is 5. The Kier molecular flexibility index (Phi) is 6.58. The smallest absolute Gasteiger partial charge is 0.382 e. The zero-order valence-corrected chi connectivity index (χ0v) is 20.3. The zero-order chi connectivity index (χ0) is 28.1. The Morgan fingerprint density at radius 3 is 2.62 bits per heavy atom. The van der Waals surface area contributed by atoms with Crippen LogP contribution in [0.25, 0.3) is 16.8 Å². The Hall–Kier alpha value is -4.33. The molecule has 1 saturated heterocycles. The fourth-order valence-corrected chi connectivity index (χ4v) is 4.56. The van der Waals surface area contributed by atoms with Gasteiger partial charge in [0.15, 0.2) is 17.3 Å². The van der Waals surface area contributed by atoms with Gasteiger partial charge in [-0.1, -0.05) is 17.7 Å². The van der Waals surface area contributed by atoms with Crippen LogP contribution in [-0.2, 0) is 6.18 Å². The van der Waals surface area contributed by atoms with Gasteiger partial charge in [-0.3, -0.25) is 9.59 Å². The monoisotopic (exact) mass is 565 g/mol. The molecule has 1 aromatic carbocycles. The van der Waals surface area contributed by atoms with Crippen LogP contribution in [0.1, 0.15) is 26.4 Å². The molecule has 3 N–H and O–H groups in total. The van der Waals surface area contributed by atoms with E-state index in [0.29, 0.717) is 0 Å². The first-order valence-corrected chi connectivity index (χ1v) is 11.7. The van der Waals surface area contributed by atoms with Gasteiger partial charge in [-0.15, -0.1) is 0 Å². The van der Waals surface area contributed by atoms with Crippen molar-refractivity contribution in [2.75, 3.05) is 18.8 Å². The van der Waals surface area contributed by atoms with Crippen molar-refractivity contribution in [3.8, 4) is 11.3 Å². The number of hydrogen-bond donors (Lipinski definition) is 2. The van der Waals surface area contributed by atoms with Gasteiger partial charge < -0.3 is 16.0 Å². The average molecular weight is 566 g/mol. The van der Waals surface area contributed by atoms with Crippen LogP contribution in [0.4, 0.5) is 27.8 Å². The number of aromatic nitrogens is 4. The fraction of sp³-hybridized carbons (Fsp3) is 0.208. The van der Waals surface area contributed by atoms with Crippen molar-refractivity contribution in [1.82, 2.24) is 29.8 Å². The maximum Gasteiger partial charge on any atom is 0.418 e. The van der Waals surface area contributed by atoms with Gasteiger partial charge in [0, 0.05) is 18.3 Å². The molecule has 15 heteroatoms. The third kappa shape index (κ3) is 4.82. The highest BCUT2D eigenvalue weighted by Gasteiger charge is 2.39. The number of carbonyl (C=O) groups excluding carboxylic acids is 2. The number of nitrogens with one attached hydrogen (secondary N) is 1. The van der Waals surface area contributed by atoms with Crippen LogP contribution < -0.4 is 11.1 Å². The molecule has 3 aromatic heterocycles. The van der Waals surface area contributed by atoms with Gasteiger partial charge in [0.2, 0.25) is 0 Å². The molecule has 2 amide bonds. The minimum absolute atomic E-state index is 0.0458. The van der Waals surface area contributed by atoms with E-state index in [1.165, 1.54) is 30.5 Å². The van der Waals surface area contributed by atoms with E-state index in [4.69, 9.17) is 17.3 Å². The number of pyridine rings is 1. The lowest BCUT2D eigenvalue weighted by Crippen LogP contribution is -2.42. The van der Waals surface area contributed by atoms with Crippen molar-refractivity contribution in [1.29, 1.82) is 0 Å². The summed E-state index contributed by atoms with van der Waals surface area (Å²) in [6.07, 6.45) is -4.24. The van der Waals surface area contributed by atoms with Gasteiger partial charge in [0.1, 0.15) is 18.0 Å². The van der Waals surface area contributed by atoms with Gasteiger partial charge in [0.05, 0.1) is 34.4 Å². The summed E-state index contributed by atoms with van der Waals surface area (Å²) in [5.41, 5.74) is 3.61. The van der Waals surface area contributed by atoms with Gasteiger partial charge in [-0.05, 0) is 30.3 Å². The van der Waals surface area contributed by atoms with E-state index >= 15 is 0 Å². The molecule has 0 spiro atoms. The Labute approximate surface area is 221 Å². The number of carbonyl (C=O) groups is 2. The van der Waals surface area contributed by atoms with Crippen molar-refractivity contribution in [2.24, 2.45) is 0 Å². The molecule has 4 heterocycles. The molecular formula is C24H17ClF5N7O2. The highest BCUT2D eigenvalue weighted by atomic mass is 35.5. The molecule has 9 nitrogen and oxygen atoms in total. The lowest BCUT2D eigenvalue weighted by atomic mass is 10.1. The number of hydrogen-bond acceptors (Lipinski definition) is 6. The van der Waals surface area contributed by atoms with E-state index < -0.39 is 65.2 Å². The Morgan fingerprint density at radius 1 is 1.13 bits per heavy atom. The van der Waals surface area contributed by atoms with Crippen LogP contribution in [-0.4, -0.2) is 61.6 Å². The molecule has 0 bridgehead atoms. The summed E-state index contributed by atoms with van der Waals surface area (Å²) in [5.74, 6) is -2.93. The SMILES string of the molecule is Nc1ncnn2c(-c3ccc(Cl)c(C(=O)N[C@@H]4CN(C(=O)c5ncccc5F)C[C@@H]4F)c3)cc(C(F)(F)F)c12. The van der Waals surface area contributed by atoms with Gasteiger partial charge in [0.25, 0.3) is 11.8 Å². The number of fused-ring (bicyclic) bond motifs is 1. The van der Waals surface area contributed by atoms with E-state index in [0.717, 1.165) is 27.9 Å². The van der Waals surface area contributed by atoms with Gasteiger partial charge in [-0.2, -0.15) is 18.3 Å². The third-order valence-electron chi connectivity index (χ3n) is 6.21. The van der Waals surface area contributed by atoms with Crippen LogP contribution in [0.3, 0.4) is 0 Å². The first-order valence-electron chi connectivity index (χ1n) is 11.3. The van der Waals surface area contributed by atoms with Crippen molar-refractivity contribution < 1.29 is 31.5 Å². The highest BCUT2D eigenvalue weighted by molar-refractivity contribution is 6.34. The summed E-state index contributed by atoms with van der Waals surface area (Å²) in [6, 6.07) is 5.92. The second-order valence-electron chi connectivity index (χ2n) is 8.68. The molecule has 5 rings (SSSR count). The number of halogens is 6. The molecule has 0 saturated carbocycles. The standard InChI is InChI=1S/C24H17ClF5N7O2/c25-14-4-3-11(18-7-13(24(28,29)30)20-21(31)33-10-34-37(18)20)6-12(14)22(38)35-17-9-36(8-16(17)27)23(39)19-15(26)2-1-5-32-19/h1-7,10,16-17H,8-9H2,(H,35,38)(H2,31,33,34)/t16-,17+/m0/s1. The number of benzene rings is 1. The molecule has 2 atom stereocenters. The fourth-order valence-electron chi connectivity index (χ4n) is 4.35. The number of rotatable bonds is 4. The normalized spacial score (nSPS) is 17.5. The Balaban J connectivity index is 1.42. The minimum Gasteiger partial charge on any atom is -0.382 e. The molecule has 0 radical (unpaired) electrons. The molecule has 1 aliphatic heterocycles. The van der Waals surface area contributed by atoms with Gasteiger partial charge in [-0.25, -0.2) is 23.3 Å². The average Bonchev–Trinajstić information content (AvgIpc) is 3.46. The molecule has 1 aliphatic rings. The molecule has 0 unspecified atom stereocenters. The molecule has 0 aliphatic carbocycles. The van der Waals surface area contributed by atoms with Crippen LogP contribution >= 0.6 is 11.6 Å². The largest absolute Gasteiger partial charge is 0.418 e. The molecule has 1 fully saturated rings. The predicted molar refractivity (Wildman–Crippen MR) is 129 cm³/mol. The maximum absolute atomic E-state index is 14.8. The minimum atomic E-state index is -4.77. The highest BCUT2D eigenvalue weighted by Crippen LogP contribution is 2.39. The Bertz CT molecular complexity index is 1610. The summed E-state index contributed by atoms with van der Waals surface area (Å²) in [6.45, 7) is -0.682. The first-order chi connectivity index (χ1) is 18.5. The van der Waals surface area contributed by atoms with Crippen molar-refractivity contribution in [3.05, 3.63) is 76.6 Å². The van der Waals surface area contributed by atoms with E-state index in [-0.39, 0.29) is 28.4 Å². The van der Waals surface area contributed by atoms with E-state index in [1.807, 2.05) is 0 Å². The topological polar surface area (TPSA) is 119 Å². The first kappa shape index (κ1) is 26.3. The third-order valence-corrected chi connectivity index (χ3v) is 6.54. The second-order valence-corrected chi connectivity index (χ2v) is 9.09. The van der Waals surface area contributed by atoms with Gasteiger partial charge >= 0.3 is 6.18 Å². The second kappa shape index (κ2) is 9.76. The number of nitrogen functional groups attached to an aromatic ring is 1. The number of likely N-dealkylation sites (tertiary alicyclic amines) is 1. The number of amides is 2. The van der Waals surface area contributed by atoms with Crippen molar-refractivity contribution >= 4 is 34.7 Å².